The summed E-state index contributed by atoms with van der Waals surface area (Å²) < 4.78 is 11.3. The third-order valence-electron chi connectivity index (χ3n) is 7.62. The van der Waals surface area contributed by atoms with E-state index < -0.39 is 0 Å². The number of benzene rings is 4. The fourth-order valence-corrected chi connectivity index (χ4v) is 5.89. The highest BCUT2D eigenvalue weighted by Crippen LogP contribution is 2.41. The first-order valence-corrected chi connectivity index (χ1v) is 12.4. The van der Waals surface area contributed by atoms with E-state index in [1.54, 1.807) is 0 Å². The zero-order valence-electron chi connectivity index (χ0n) is 21.0. The molecule has 3 nitrogen and oxygen atoms in total. The molecule has 7 rings (SSSR count). The molecule has 0 radical (unpaired) electrons. The zero-order chi connectivity index (χ0) is 24.6. The quantitative estimate of drug-likeness (QED) is 0.235. The Hall–Kier alpha value is -4.37. The molecule has 0 aliphatic rings. The third-order valence-corrected chi connectivity index (χ3v) is 7.62. The van der Waals surface area contributed by atoms with Crippen molar-refractivity contribution in [2.75, 3.05) is 0 Å². The summed E-state index contributed by atoms with van der Waals surface area (Å²) in [5, 5.41) is 4.79. The molecular weight excluding hydrogens is 440 g/mol. The molecule has 0 atom stereocenters. The van der Waals surface area contributed by atoms with E-state index in [4.69, 9.17) is 4.42 Å². The van der Waals surface area contributed by atoms with Crippen LogP contribution in [0.2, 0.25) is 0 Å². The summed E-state index contributed by atoms with van der Waals surface area (Å²) in [4.78, 5) is 0. The van der Waals surface area contributed by atoms with Crippen LogP contribution < -0.4 is 4.57 Å². The molecule has 0 bridgehead atoms. The Morgan fingerprint density at radius 3 is 2.03 bits per heavy atom. The van der Waals surface area contributed by atoms with Gasteiger partial charge >= 0.3 is 0 Å². The average Bonchev–Trinajstić information content (AvgIpc) is 3.42. The minimum atomic E-state index is 0.906. The summed E-state index contributed by atoms with van der Waals surface area (Å²) in [5.41, 5.74) is 11.5. The van der Waals surface area contributed by atoms with Crippen molar-refractivity contribution in [2.24, 2.45) is 7.05 Å². The van der Waals surface area contributed by atoms with Crippen LogP contribution in [0.4, 0.5) is 0 Å². The normalized spacial score (nSPS) is 11.9. The van der Waals surface area contributed by atoms with Crippen LogP contribution in [0.1, 0.15) is 16.7 Å². The second-order valence-corrected chi connectivity index (χ2v) is 9.90. The van der Waals surface area contributed by atoms with Gasteiger partial charge in [-0.3, -0.25) is 0 Å². The van der Waals surface area contributed by atoms with E-state index in [1.807, 2.05) is 6.07 Å². The van der Waals surface area contributed by atoms with E-state index in [-0.39, 0.29) is 0 Å². The SMILES string of the molecule is Cc1cc(C)c(C)c(-c2c3oc4ccccc4c3c(-n3c4ccccc4c4ccccc43)c[n+]2C)c1. The first-order chi connectivity index (χ1) is 17.5. The van der Waals surface area contributed by atoms with Gasteiger partial charge in [0.15, 0.2) is 6.20 Å². The van der Waals surface area contributed by atoms with Crippen molar-refractivity contribution < 1.29 is 8.98 Å². The summed E-state index contributed by atoms with van der Waals surface area (Å²) in [5.74, 6) is 0. The topological polar surface area (TPSA) is 21.9 Å². The van der Waals surface area contributed by atoms with Gasteiger partial charge in [-0.1, -0.05) is 66.2 Å². The number of fused-ring (bicyclic) bond motifs is 6. The maximum atomic E-state index is 6.68. The van der Waals surface area contributed by atoms with Gasteiger partial charge in [0.1, 0.15) is 18.3 Å². The van der Waals surface area contributed by atoms with Crippen LogP contribution in [-0.2, 0) is 7.05 Å². The molecule has 7 aromatic rings. The highest BCUT2D eigenvalue weighted by atomic mass is 16.3. The molecule has 0 saturated heterocycles. The van der Waals surface area contributed by atoms with Crippen LogP contribution in [0.5, 0.6) is 0 Å². The van der Waals surface area contributed by atoms with Gasteiger partial charge in [0.2, 0.25) is 5.58 Å². The molecule has 0 spiro atoms. The Kier molecular flexibility index (Phi) is 4.40. The Bertz CT molecular complexity index is 1930. The van der Waals surface area contributed by atoms with Crippen LogP contribution in [0.15, 0.2) is 95.5 Å². The average molecular weight is 468 g/mol. The van der Waals surface area contributed by atoms with Gasteiger partial charge < -0.3 is 8.98 Å². The lowest BCUT2D eigenvalue weighted by molar-refractivity contribution is -0.659. The lowest BCUT2D eigenvalue weighted by Crippen LogP contribution is -2.32. The molecular formula is C33H27N2O+. The standard InChI is InChI=1S/C33H27N2O/c1-20-17-21(2)22(3)26(18-20)32-33-31(25-13-7-10-16-30(25)36-33)29(19-34(32)4)35-27-14-8-5-11-23(27)24-12-6-9-15-28(24)35/h5-19H,1-4H3/q+1. The summed E-state index contributed by atoms with van der Waals surface area (Å²) >= 11 is 0. The second kappa shape index (κ2) is 7.56. The van der Waals surface area contributed by atoms with Crippen molar-refractivity contribution in [3.63, 3.8) is 0 Å². The monoisotopic (exact) mass is 467 g/mol. The Morgan fingerprint density at radius 1 is 0.722 bits per heavy atom. The lowest BCUT2D eigenvalue weighted by atomic mass is 9.96. The van der Waals surface area contributed by atoms with E-state index in [9.17, 15) is 0 Å². The molecule has 3 heteroatoms. The number of rotatable bonds is 2. The fraction of sp³-hybridized carbons (Fsp3) is 0.121. The Morgan fingerprint density at radius 2 is 1.33 bits per heavy atom. The number of furan rings is 1. The molecule has 3 heterocycles. The van der Waals surface area contributed by atoms with Crippen molar-refractivity contribution in [3.05, 3.63) is 108 Å². The molecule has 0 unspecified atom stereocenters. The molecule has 3 aromatic heterocycles. The number of para-hydroxylation sites is 3. The number of pyridine rings is 1. The van der Waals surface area contributed by atoms with Gasteiger partial charge in [-0.05, 0) is 56.2 Å². The van der Waals surface area contributed by atoms with Gasteiger partial charge in [-0.25, -0.2) is 0 Å². The minimum absolute atomic E-state index is 0.906. The van der Waals surface area contributed by atoms with E-state index in [0.29, 0.717) is 0 Å². The van der Waals surface area contributed by atoms with E-state index in [0.717, 1.165) is 33.3 Å². The minimum Gasteiger partial charge on any atom is -0.449 e. The van der Waals surface area contributed by atoms with Crippen LogP contribution in [-0.4, -0.2) is 4.57 Å². The lowest BCUT2D eigenvalue weighted by Gasteiger charge is -2.13. The van der Waals surface area contributed by atoms with Crippen molar-refractivity contribution in [1.82, 2.24) is 4.57 Å². The molecule has 174 valence electrons. The largest absolute Gasteiger partial charge is 0.449 e. The van der Waals surface area contributed by atoms with Crippen LogP contribution in [0, 0.1) is 20.8 Å². The number of hydrogen-bond donors (Lipinski definition) is 0. The number of hydrogen-bond acceptors (Lipinski definition) is 1. The summed E-state index contributed by atoms with van der Waals surface area (Å²) in [6.45, 7) is 6.56. The third kappa shape index (κ3) is 2.83. The smallest absolute Gasteiger partial charge is 0.256 e. The number of aromatic nitrogens is 2. The first-order valence-electron chi connectivity index (χ1n) is 12.4. The van der Waals surface area contributed by atoms with Crippen molar-refractivity contribution >= 4 is 43.7 Å². The van der Waals surface area contributed by atoms with Gasteiger partial charge in [-0.15, -0.1) is 0 Å². The van der Waals surface area contributed by atoms with Crippen molar-refractivity contribution in [3.8, 4) is 16.9 Å². The van der Waals surface area contributed by atoms with E-state index >= 15 is 0 Å². The zero-order valence-corrected chi connectivity index (χ0v) is 21.0. The summed E-state index contributed by atoms with van der Waals surface area (Å²) in [6.07, 6.45) is 2.27. The first kappa shape index (κ1) is 21.0. The highest BCUT2D eigenvalue weighted by molar-refractivity contribution is 6.15. The maximum absolute atomic E-state index is 6.68. The van der Waals surface area contributed by atoms with E-state index in [2.05, 4.69) is 122 Å². The highest BCUT2D eigenvalue weighted by Gasteiger charge is 2.28. The van der Waals surface area contributed by atoms with Crippen LogP contribution in [0.25, 0.3) is 60.7 Å². The van der Waals surface area contributed by atoms with Crippen molar-refractivity contribution in [2.45, 2.75) is 20.8 Å². The molecule has 4 aromatic carbocycles. The van der Waals surface area contributed by atoms with Gasteiger partial charge in [0.05, 0.1) is 22.0 Å². The molecule has 0 N–H and O–H groups in total. The van der Waals surface area contributed by atoms with Crippen LogP contribution in [0.3, 0.4) is 0 Å². The molecule has 0 fully saturated rings. The van der Waals surface area contributed by atoms with Gasteiger partial charge in [-0.2, -0.15) is 4.57 Å². The van der Waals surface area contributed by atoms with Crippen molar-refractivity contribution in [1.29, 1.82) is 0 Å². The molecule has 0 aliphatic carbocycles. The molecule has 0 saturated carbocycles. The number of nitrogens with zero attached hydrogens (tertiary/aromatic N) is 2. The second-order valence-electron chi connectivity index (χ2n) is 9.90. The van der Waals surface area contributed by atoms with Gasteiger partial charge in [0.25, 0.3) is 5.69 Å². The Balaban J connectivity index is 1.70. The molecule has 36 heavy (non-hydrogen) atoms. The molecule has 0 aliphatic heterocycles. The predicted octanol–water partition coefficient (Wildman–Crippen LogP) is 8.10. The summed E-state index contributed by atoms with van der Waals surface area (Å²) in [7, 11) is 2.14. The summed E-state index contributed by atoms with van der Waals surface area (Å²) in [6, 6.07) is 30.3. The molecule has 0 amide bonds. The van der Waals surface area contributed by atoms with Gasteiger partial charge in [0, 0.05) is 16.2 Å². The van der Waals surface area contributed by atoms with E-state index in [1.165, 1.54) is 44.1 Å². The fourth-order valence-electron chi connectivity index (χ4n) is 5.89. The predicted molar refractivity (Wildman–Crippen MR) is 149 cm³/mol. The maximum Gasteiger partial charge on any atom is 0.256 e. The number of aryl methyl sites for hydroxylation is 3. The Labute approximate surface area is 209 Å². The van der Waals surface area contributed by atoms with Crippen LogP contribution >= 0.6 is 0 Å².